The van der Waals surface area contributed by atoms with E-state index in [4.69, 9.17) is 0 Å². The van der Waals surface area contributed by atoms with E-state index in [-0.39, 0.29) is 32.1 Å². The lowest BCUT2D eigenvalue weighted by Gasteiger charge is -2.34. The molecule has 140 valence electrons. The van der Waals surface area contributed by atoms with E-state index in [0.29, 0.717) is 5.82 Å². The number of aromatic nitrogens is 4. The first-order valence-corrected chi connectivity index (χ1v) is 9.96. The molecule has 0 spiro atoms. The van der Waals surface area contributed by atoms with E-state index in [0.717, 1.165) is 10.9 Å². The molecule has 0 saturated carbocycles. The van der Waals surface area contributed by atoms with Crippen molar-refractivity contribution in [3.05, 3.63) is 40.9 Å². The highest BCUT2D eigenvalue weighted by molar-refractivity contribution is 7.88. The van der Waals surface area contributed by atoms with Gasteiger partial charge in [-0.1, -0.05) is 0 Å². The predicted molar refractivity (Wildman–Crippen MR) is 93.3 cm³/mol. The fraction of sp³-hybridized carbons (Fsp3) is 0.467. The molecule has 0 bridgehead atoms. The molecule has 1 saturated heterocycles. The van der Waals surface area contributed by atoms with Crippen molar-refractivity contribution >= 4 is 15.9 Å². The van der Waals surface area contributed by atoms with Gasteiger partial charge in [-0.05, 0) is 19.1 Å². The van der Waals surface area contributed by atoms with Gasteiger partial charge in [-0.3, -0.25) is 9.59 Å². The third kappa shape index (κ3) is 3.68. The van der Waals surface area contributed by atoms with Crippen molar-refractivity contribution in [2.45, 2.75) is 13.0 Å². The number of nitrogens with zero attached hydrogens (tertiary/aromatic N) is 6. The lowest BCUT2D eigenvalue weighted by atomic mass is 10.2. The lowest BCUT2D eigenvalue weighted by Crippen LogP contribution is -2.52. The number of carbonyl (C=O) groups excluding carboxylic acids is 1. The van der Waals surface area contributed by atoms with Crippen molar-refractivity contribution < 1.29 is 13.2 Å². The molecule has 0 N–H and O–H groups in total. The molecule has 0 aliphatic carbocycles. The Balaban J connectivity index is 1.77. The van der Waals surface area contributed by atoms with E-state index >= 15 is 0 Å². The minimum Gasteiger partial charge on any atom is -0.338 e. The standard InChI is InChI=1S/C15H20N6O4S/c1-12(15(23)18-8-10-19(11-9-18)26(2,24)25)21-14(22)5-4-13(17-21)20-7-3-6-16-20/h3-7,12H,8-11H2,1-2H3. The summed E-state index contributed by atoms with van der Waals surface area (Å²) in [7, 11) is -3.27. The van der Waals surface area contributed by atoms with E-state index in [1.54, 1.807) is 30.3 Å². The van der Waals surface area contributed by atoms with Gasteiger partial charge in [0.05, 0.1) is 6.26 Å². The summed E-state index contributed by atoms with van der Waals surface area (Å²) in [5.41, 5.74) is -0.392. The van der Waals surface area contributed by atoms with E-state index < -0.39 is 21.6 Å². The molecule has 1 aliphatic heterocycles. The van der Waals surface area contributed by atoms with Crippen molar-refractivity contribution in [3.8, 4) is 5.82 Å². The largest absolute Gasteiger partial charge is 0.338 e. The van der Waals surface area contributed by atoms with Gasteiger partial charge in [-0.25, -0.2) is 17.8 Å². The van der Waals surface area contributed by atoms with Crippen LogP contribution < -0.4 is 5.56 Å². The highest BCUT2D eigenvalue weighted by Crippen LogP contribution is 2.12. The fourth-order valence-electron chi connectivity index (χ4n) is 2.83. The number of hydrogen-bond donors (Lipinski definition) is 0. The quantitative estimate of drug-likeness (QED) is 0.679. The zero-order valence-corrected chi connectivity index (χ0v) is 15.3. The Hall–Kier alpha value is -2.53. The average Bonchev–Trinajstić information content (AvgIpc) is 3.15. The van der Waals surface area contributed by atoms with Crippen LogP contribution in [0.1, 0.15) is 13.0 Å². The highest BCUT2D eigenvalue weighted by atomic mass is 32.2. The van der Waals surface area contributed by atoms with Crippen LogP contribution in [0.5, 0.6) is 0 Å². The second-order valence-electron chi connectivity index (χ2n) is 6.09. The molecule has 1 aliphatic rings. The average molecular weight is 380 g/mol. The second kappa shape index (κ2) is 7.00. The molecular formula is C15H20N6O4S. The van der Waals surface area contributed by atoms with Crippen LogP contribution in [0.3, 0.4) is 0 Å². The van der Waals surface area contributed by atoms with Crippen LogP contribution in [0.25, 0.3) is 5.82 Å². The van der Waals surface area contributed by atoms with E-state index in [2.05, 4.69) is 10.2 Å². The Bertz CT molecular complexity index is 945. The van der Waals surface area contributed by atoms with Crippen LogP contribution in [0, 0.1) is 0 Å². The normalized spacial score (nSPS) is 17.2. The van der Waals surface area contributed by atoms with Gasteiger partial charge in [-0.15, -0.1) is 5.10 Å². The third-order valence-electron chi connectivity index (χ3n) is 4.29. The Labute approximate surface area is 150 Å². The highest BCUT2D eigenvalue weighted by Gasteiger charge is 2.29. The topological polar surface area (TPSA) is 110 Å². The van der Waals surface area contributed by atoms with E-state index in [1.807, 2.05) is 0 Å². The van der Waals surface area contributed by atoms with Crippen LogP contribution in [0.4, 0.5) is 0 Å². The Morgan fingerprint density at radius 2 is 1.88 bits per heavy atom. The molecule has 26 heavy (non-hydrogen) atoms. The van der Waals surface area contributed by atoms with Gasteiger partial charge in [0, 0.05) is 44.6 Å². The summed E-state index contributed by atoms with van der Waals surface area (Å²) in [6.45, 7) is 2.65. The summed E-state index contributed by atoms with van der Waals surface area (Å²) in [5.74, 6) is 0.154. The molecular weight excluding hydrogens is 360 g/mol. The zero-order chi connectivity index (χ0) is 18.9. The van der Waals surface area contributed by atoms with Crippen LogP contribution >= 0.6 is 0 Å². The van der Waals surface area contributed by atoms with Gasteiger partial charge in [0.2, 0.25) is 15.9 Å². The maximum absolute atomic E-state index is 12.7. The van der Waals surface area contributed by atoms with Crippen molar-refractivity contribution in [1.82, 2.24) is 28.8 Å². The van der Waals surface area contributed by atoms with Gasteiger partial charge in [0.15, 0.2) is 5.82 Å². The molecule has 1 amide bonds. The molecule has 2 aromatic rings. The minimum absolute atomic E-state index is 0.243. The zero-order valence-electron chi connectivity index (χ0n) is 14.5. The molecule has 0 radical (unpaired) electrons. The molecule has 11 heteroatoms. The predicted octanol–water partition coefficient (Wildman–Crippen LogP) is -0.906. The molecule has 0 aromatic carbocycles. The smallest absolute Gasteiger partial charge is 0.267 e. The molecule has 3 rings (SSSR count). The molecule has 10 nitrogen and oxygen atoms in total. The monoisotopic (exact) mass is 380 g/mol. The van der Waals surface area contributed by atoms with E-state index in [9.17, 15) is 18.0 Å². The molecule has 2 aromatic heterocycles. The molecule has 3 heterocycles. The number of rotatable bonds is 4. The maximum atomic E-state index is 12.7. The first-order chi connectivity index (χ1) is 12.3. The Morgan fingerprint density at radius 1 is 1.19 bits per heavy atom. The number of carbonyl (C=O) groups is 1. The molecule has 1 fully saturated rings. The van der Waals surface area contributed by atoms with Crippen LogP contribution in [0.2, 0.25) is 0 Å². The summed E-state index contributed by atoms with van der Waals surface area (Å²) >= 11 is 0. The summed E-state index contributed by atoms with van der Waals surface area (Å²) in [6, 6.07) is 3.80. The van der Waals surface area contributed by atoms with Gasteiger partial charge in [-0.2, -0.15) is 9.40 Å². The van der Waals surface area contributed by atoms with Gasteiger partial charge < -0.3 is 4.90 Å². The van der Waals surface area contributed by atoms with Gasteiger partial charge in [0.25, 0.3) is 5.56 Å². The van der Waals surface area contributed by atoms with Crippen molar-refractivity contribution in [3.63, 3.8) is 0 Å². The first kappa shape index (κ1) is 18.3. The number of hydrogen-bond acceptors (Lipinski definition) is 6. The third-order valence-corrected chi connectivity index (χ3v) is 5.60. The van der Waals surface area contributed by atoms with E-state index in [1.165, 1.54) is 21.1 Å². The molecule has 1 unspecified atom stereocenters. The SMILES string of the molecule is CC(C(=O)N1CCN(S(C)(=O)=O)CC1)n1nc(-n2cccn2)ccc1=O. The summed E-state index contributed by atoms with van der Waals surface area (Å²) in [6.07, 6.45) is 4.43. The van der Waals surface area contributed by atoms with Crippen molar-refractivity contribution in [2.24, 2.45) is 0 Å². The number of sulfonamides is 1. The number of piperazine rings is 1. The van der Waals surface area contributed by atoms with Crippen LogP contribution in [-0.4, -0.2) is 75.5 Å². The minimum atomic E-state index is -3.27. The summed E-state index contributed by atoms with van der Waals surface area (Å²) in [5, 5.41) is 8.30. The Morgan fingerprint density at radius 3 is 2.46 bits per heavy atom. The first-order valence-electron chi connectivity index (χ1n) is 8.11. The van der Waals surface area contributed by atoms with Gasteiger partial charge >= 0.3 is 0 Å². The van der Waals surface area contributed by atoms with Gasteiger partial charge in [0.1, 0.15) is 6.04 Å². The maximum Gasteiger partial charge on any atom is 0.267 e. The summed E-state index contributed by atoms with van der Waals surface area (Å²) < 4.78 is 27.1. The van der Waals surface area contributed by atoms with Crippen molar-refractivity contribution in [2.75, 3.05) is 32.4 Å². The van der Waals surface area contributed by atoms with Crippen LogP contribution in [0.15, 0.2) is 35.4 Å². The number of amides is 1. The van der Waals surface area contributed by atoms with Crippen LogP contribution in [-0.2, 0) is 14.8 Å². The second-order valence-corrected chi connectivity index (χ2v) is 8.07. The van der Waals surface area contributed by atoms with Crippen molar-refractivity contribution in [1.29, 1.82) is 0 Å². The summed E-state index contributed by atoms with van der Waals surface area (Å²) in [4.78, 5) is 26.5. The fourth-order valence-corrected chi connectivity index (χ4v) is 3.65. The Kier molecular flexibility index (Phi) is 4.92. The molecule has 1 atom stereocenters. The lowest BCUT2D eigenvalue weighted by molar-refractivity contribution is -0.135.